The summed E-state index contributed by atoms with van der Waals surface area (Å²) < 4.78 is 18.8. The average Bonchev–Trinajstić information content (AvgIpc) is 2.34. The molecule has 3 nitrogen and oxygen atoms in total. The molecule has 2 N–H and O–H groups in total. The molecule has 1 aromatic carbocycles. The van der Waals surface area contributed by atoms with Gasteiger partial charge in [0.25, 0.3) is 0 Å². The lowest BCUT2D eigenvalue weighted by atomic mass is 10.1. The summed E-state index contributed by atoms with van der Waals surface area (Å²) in [6.07, 6.45) is 1.64. The van der Waals surface area contributed by atoms with Gasteiger partial charge in [-0.3, -0.25) is 0 Å². The van der Waals surface area contributed by atoms with Crippen LogP contribution in [0.25, 0.3) is 0 Å². The number of rotatable bonds is 3. The van der Waals surface area contributed by atoms with Crippen LogP contribution in [0.1, 0.15) is 24.1 Å². The van der Waals surface area contributed by atoms with Crippen molar-refractivity contribution in [3.63, 3.8) is 0 Å². The van der Waals surface area contributed by atoms with Gasteiger partial charge < -0.3 is 10.5 Å². The molecule has 0 spiro atoms. The van der Waals surface area contributed by atoms with E-state index in [2.05, 4.69) is 4.98 Å². The van der Waals surface area contributed by atoms with Crippen LogP contribution in [0.15, 0.2) is 36.5 Å². The van der Waals surface area contributed by atoms with Crippen LogP contribution >= 0.6 is 0 Å². The van der Waals surface area contributed by atoms with Crippen LogP contribution in [0.3, 0.4) is 0 Å². The van der Waals surface area contributed by atoms with E-state index in [1.54, 1.807) is 25.3 Å². The van der Waals surface area contributed by atoms with Gasteiger partial charge in [-0.2, -0.15) is 0 Å². The summed E-state index contributed by atoms with van der Waals surface area (Å²) in [6.45, 7) is 3.55. The lowest BCUT2D eigenvalue weighted by Crippen LogP contribution is -2.07. The number of ether oxygens (including phenoxy) is 1. The molecule has 4 heteroatoms. The summed E-state index contributed by atoms with van der Waals surface area (Å²) in [6, 6.07) is 8.08. The third kappa shape index (κ3) is 2.65. The molecular weight excluding hydrogens is 231 g/mol. The first-order valence-electron chi connectivity index (χ1n) is 5.72. The Balaban J connectivity index is 2.31. The van der Waals surface area contributed by atoms with Gasteiger partial charge in [-0.15, -0.1) is 0 Å². The Morgan fingerprint density at radius 1 is 1.33 bits per heavy atom. The molecule has 94 valence electrons. The minimum absolute atomic E-state index is 0.171. The largest absolute Gasteiger partial charge is 0.439 e. The number of hydrogen-bond donors (Lipinski definition) is 1. The van der Waals surface area contributed by atoms with Crippen LogP contribution in [0, 0.1) is 12.7 Å². The van der Waals surface area contributed by atoms with Crippen LogP contribution < -0.4 is 10.5 Å². The van der Waals surface area contributed by atoms with Crippen molar-refractivity contribution in [2.24, 2.45) is 5.73 Å². The van der Waals surface area contributed by atoms with E-state index in [0.717, 1.165) is 5.56 Å². The summed E-state index contributed by atoms with van der Waals surface area (Å²) >= 11 is 0. The number of benzene rings is 1. The monoisotopic (exact) mass is 246 g/mol. The summed E-state index contributed by atoms with van der Waals surface area (Å²) in [7, 11) is 0. The van der Waals surface area contributed by atoms with E-state index in [4.69, 9.17) is 10.5 Å². The van der Waals surface area contributed by atoms with Crippen molar-refractivity contribution in [1.29, 1.82) is 0 Å². The van der Waals surface area contributed by atoms with Gasteiger partial charge in [0.2, 0.25) is 5.88 Å². The Kier molecular flexibility index (Phi) is 3.58. The zero-order valence-electron chi connectivity index (χ0n) is 10.4. The normalized spacial score (nSPS) is 12.2. The van der Waals surface area contributed by atoms with Crippen molar-refractivity contribution in [2.45, 2.75) is 19.9 Å². The zero-order valence-corrected chi connectivity index (χ0v) is 10.4. The maximum Gasteiger partial charge on any atom is 0.223 e. The fourth-order valence-electron chi connectivity index (χ4n) is 1.63. The summed E-state index contributed by atoms with van der Waals surface area (Å²) in [5.74, 6) is 0.754. The summed E-state index contributed by atoms with van der Waals surface area (Å²) in [4.78, 5) is 4.15. The van der Waals surface area contributed by atoms with Crippen molar-refractivity contribution < 1.29 is 9.13 Å². The zero-order chi connectivity index (χ0) is 13.1. The molecule has 0 aliphatic carbocycles. The van der Waals surface area contributed by atoms with Gasteiger partial charge in [-0.1, -0.05) is 6.07 Å². The number of nitrogens with two attached hydrogens (primary N) is 1. The summed E-state index contributed by atoms with van der Waals surface area (Å²) in [5.41, 5.74) is 7.19. The third-order valence-electron chi connectivity index (χ3n) is 2.64. The quantitative estimate of drug-likeness (QED) is 0.903. The molecule has 0 amide bonds. The predicted molar refractivity (Wildman–Crippen MR) is 68.1 cm³/mol. The number of aryl methyl sites for hydroxylation is 1. The Labute approximate surface area is 105 Å². The molecule has 0 saturated carbocycles. The van der Waals surface area contributed by atoms with Gasteiger partial charge in [-0.05, 0) is 43.7 Å². The van der Waals surface area contributed by atoms with Gasteiger partial charge in [-0.25, -0.2) is 9.37 Å². The van der Waals surface area contributed by atoms with Crippen LogP contribution in [0.2, 0.25) is 0 Å². The number of hydrogen-bond acceptors (Lipinski definition) is 3. The van der Waals surface area contributed by atoms with E-state index in [1.165, 1.54) is 6.07 Å². The van der Waals surface area contributed by atoms with Crippen molar-refractivity contribution in [3.8, 4) is 11.6 Å². The molecule has 1 heterocycles. The molecule has 0 aliphatic rings. The van der Waals surface area contributed by atoms with Gasteiger partial charge in [0.1, 0.15) is 11.6 Å². The van der Waals surface area contributed by atoms with Crippen molar-refractivity contribution in [1.82, 2.24) is 4.98 Å². The molecule has 0 fully saturated rings. The van der Waals surface area contributed by atoms with Crippen LogP contribution in [0.4, 0.5) is 4.39 Å². The molecule has 0 saturated heterocycles. The maximum atomic E-state index is 13.2. The molecule has 1 aromatic heterocycles. The molecule has 0 unspecified atom stereocenters. The smallest absolute Gasteiger partial charge is 0.223 e. The predicted octanol–water partition coefficient (Wildman–Crippen LogP) is 3.34. The lowest BCUT2D eigenvalue weighted by molar-refractivity contribution is 0.450. The second-order valence-corrected chi connectivity index (χ2v) is 4.20. The standard InChI is InChI=1S/C14H15FN2O/c1-9-8-11(5-6-13(9)15)18-14-12(10(2)16)4-3-7-17-14/h3-8,10H,16H2,1-2H3/t10-/m0/s1. The molecule has 1 atom stereocenters. The number of aromatic nitrogens is 1. The number of pyridine rings is 1. The Bertz CT molecular complexity index is 555. The van der Waals surface area contributed by atoms with E-state index in [-0.39, 0.29) is 11.9 Å². The maximum absolute atomic E-state index is 13.2. The second kappa shape index (κ2) is 5.14. The van der Waals surface area contributed by atoms with Crippen molar-refractivity contribution in [2.75, 3.05) is 0 Å². The van der Waals surface area contributed by atoms with Gasteiger partial charge in [0, 0.05) is 17.8 Å². The van der Waals surface area contributed by atoms with Crippen LogP contribution in [0.5, 0.6) is 11.6 Å². The SMILES string of the molecule is Cc1cc(Oc2ncccc2[C@H](C)N)ccc1F. The molecule has 0 bridgehead atoms. The first-order chi connectivity index (χ1) is 8.58. The molecule has 0 aliphatic heterocycles. The fourth-order valence-corrected chi connectivity index (χ4v) is 1.63. The molecular formula is C14H15FN2O. The van der Waals surface area contributed by atoms with Gasteiger partial charge >= 0.3 is 0 Å². The highest BCUT2D eigenvalue weighted by Crippen LogP contribution is 2.27. The van der Waals surface area contributed by atoms with Crippen molar-refractivity contribution >= 4 is 0 Å². The van der Waals surface area contributed by atoms with E-state index in [1.807, 2.05) is 19.1 Å². The Morgan fingerprint density at radius 2 is 2.11 bits per heavy atom. The molecule has 0 radical (unpaired) electrons. The van der Waals surface area contributed by atoms with Gasteiger partial charge in [0.15, 0.2) is 0 Å². The first kappa shape index (κ1) is 12.5. The minimum atomic E-state index is -0.254. The second-order valence-electron chi connectivity index (χ2n) is 4.20. The Hall–Kier alpha value is -1.94. The van der Waals surface area contributed by atoms with E-state index >= 15 is 0 Å². The van der Waals surface area contributed by atoms with Crippen LogP contribution in [-0.2, 0) is 0 Å². The highest BCUT2D eigenvalue weighted by atomic mass is 19.1. The minimum Gasteiger partial charge on any atom is -0.439 e. The first-order valence-corrected chi connectivity index (χ1v) is 5.72. The summed E-state index contributed by atoms with van der Waals surface area (Å²) in [5, 5.41) is 0. The van der Waals surface area contributed by atoms with E-state index in [0.29, 0.717) is 17.2 Å². The Morgan fingerprint density at radius 3 is 2.78 bits per heavy atom. The molecule has 2 rings (SSSR count). The molecule has 18 heavy (non-hydrogen) atoms. The van der Waals surface area contributed by atoms with E-state index < -0.39 is 0 Å². The van der Waals surface area contributed by atoms with E-state index in [9.17, 15) is 4.39 Å². The number of halogens is 1. The number of nitrogens with zero attached hydrogens (tertiary/aromatic N) is 1. The lowest BCUT2D eigenvalue weighted by Gasteiger charge is -2.12. The molecule has 2 aromatic rings. The average molecular weight is 246 g/mol. The van der Waals surface area contributed by atoms with Gasteiger partial charge in [0.05, 0.1) is 0 Å². The highest BCUT2D eigenvalue weighted by molar-refractivity contribution is 5.35. The van der Waals surface area contributed by atoms with Crippen molar-refractivity contribution in [3.05, 3.63) is 53.5 Å². The topological polar surface area (TPSA) is 48.1 Å². The third-order valence-corrected chi connectivity index (χ3v) is 2.64. The highest BCUT2D eigenvalue weighted by Gasteiger charge is 2.10. The van der Waals surface area contributed by atoms with Crippen LogP contribution in [-0.4, -0.2) is 4.98 Å². The fraction of sp³-hybridized carbons (Fsp3) is 0.214.